The van der Waals surface area contributed by atoms with Crippen molar-refractivity contribution in [2.75, 3.05) is 12.4 Å². The van der Waals surface area contributed by atoms with E-state index in [-0.39, 0.29) is 11.5 Å². The highest BCUT2D eigenvalue weighted by Crippen LogP contribution is 2.32. The van der Waals surface area contributed by atoms with Crippen LogP contribution in [0, 0.1) is 10.1 Å². The van der Waals surface area contributed by atoms with Crippen molar-refractivity contribution in [1.29, 1.82) is 0 Å². The second-order valence-electron chi connectivity index (χ2n) is 3.43. The molecule has 2 rings (SSSR count). The van der Waals surface area contributed by atoms with Gasteiger partial charge in [0.1, 0.15) is 6.33 Å². The molecule has 0 aliphatic rings. The Bertz CT molecular complexity index is 586. The van der Waals surface area contributed by atoms with Gasteiger partial charge in [-0.3, -0.25) is 10.1 Å². The highest BCUT2D eigenvalue weighted by molar-refractivity contribution is 9.10. The third-order valence-corrected chi connectivity index (χ3v) is 2.89. The highest BCUT2D eigenvalue weighted by atomic mass is 79.9. The van der Waals surface area contributed by atoms with Gasteiger partial charge in [0.2, 0.25) is 5.82 Å². The van der Waals surface area contributed by atoms with Crippen LogP contribution in [0.25, 0.3) is 11.3 Å². The number of nitrogens with one attached hydrogen (secondary N) is 1. The van der Waals surface area contributed by atoms with E-state index in [1.165, 1.54) is 6.33 Å². The molecule has 1 aromatic heterocycles. The largest absolute Gasteiger partial charge is 0.367 e. The zero-order valence-electron chi connectivity index (χ0n) is 9.42. The van der Waals surface area contributed by atoms with Gasteiger partial charge >= 0.3 is 5.69 Å². The van der Waals surface area contributed by atoms with Crippen LogP contribution in [-0.2, 0) is 0 Å². The minimum atomic E-state index is -0.483. The number of nitrogens with zero attached hydrogens (tertiary/aromatic N) is 3. The minimum Gasteiger partial charge on any atom is -0.367 e. The van der Waals surface area contributed by atoms with Crippen LogP contribution in [0.1, 0.15) is 0 Å². The van der Waals surface area contributed by atoms with Crippen LogP contribution in [-0.4, -0.2) is 21.9 Å². The van der Waals surface area contributed by atoms with Crippen molar-refractivity contribution in [2.24, 2.45) is 0 Å². The summed E-state index contributed by atoms with van der Waals surface area (Å²) in [6.07, 6.45) is 1.30. The Balaban J connectivity index is 2.63. The lowest BCUT2D eigenvalue weighted by atomic mass is 10.1. The molecule has 0 atom stereocenters. The number of rotatable bonds is 3. The molecule has 1 heterocycles. The summed E-state index contributed by atoms with van der Waals surface area (Å²) >= 11 is 3.31. The summed E-state index contributed by atoms with van der Waals surface area (Å²) < 4.78 is 0.900. The molecule has 0 saturated carbocycles. The van der Waals surface area contributed by atoms with Gasteiger partial charge in [-0.05, 0) is 12.1 Å². The first-order chi connectivity index (χ1) is 8.63. The third kappa shape index (κ3) is 2.30. The van der Waals surface area contributed by atoms with E-state index in [2.05, 4.69) is 31.2 Å². The Morgan fingerprint density at radius 1 is 1.28 bits per heavy atom. The van der Waals surface area contributed by atoms with Gasteiger partial charge in [0.15, 0.2) is 5.69 Å². The summed E-state index contributed by atoms with van der Waals surface area (Å²) in [6, 6.07) is 7.14. The van der Waals surface area contributed by atoms with Crippen LogP contribution in [0.3, 0.4) is 0 Å². The van der Waals surface area contributed by atoms with Crippen molar-refractivity contribution in [1.82, 2.24) is 9.97 Å². The summed E-state index contributed by atoms with van der Waals surface area (Å²) in [5.74, 6) is 0.202. The van der Waals surface area contributed by atoms with Crippen molar-refractivity contribution in [3.8, 4) is 11.3 Å². The highest BCUT2D eigenvalue weighted by Gasteiger charge is 2.22. The molecule has 0 aliphatic heterocycles. The van der Waals surface area contributed by atoms with E-state index >= 15 is 0 Å². The average molecular weight is 309 g/mol. The van der Waals surface area contributed by atoms with Gasteiger partial charge in [-0.15, -0.1) is 0 Å². The summed E-state index contributed by atoms with van der Waals surface area (Å²) in [5.41, 5.74) is 0.845. The molecule has 0 radical (unpaired) electrons. The Labute approximate surface area is 111 Å². The summed E-state index contributed by atoms with van der Waals surface area (Å²) in [4.78, 5) is 18.5. The molecule has 0 fully saturated rings. The molecule has 1 aromatic carbocycles. The lowest BCUT2D eigenvalue weighted by Gasteiger charge is -2.05. The van der Waals surface area contributed by atoms with Gasteiger partial charge in [0, 0.05) is 17.1 Å². The number of halogens is 1. The van der Waals surface area contributed by atoms with Gasteiger partial charge in [-0.1, -0.05) is 28.1 Å². The second-order valence-corrected chi connectivity index (χ2v) is 4.35. The molecular formula is C11H9BrN4O2. The van der Waals surface area contributed by atoms with E-state index in [0.717, 1.165) is 4.47 Å². The lowest BCUT2D eigenvalue weighted by molar-refractivity contribution is -0.383. The van der Waals surface area contributed by atoms with Gasteiger partial charge in [-0.25, -0.2) is 9.97 Å². The van der Waals surface area contributed by atoms with Gasteiger partial charge < -0.3 is 5.32 Å². The van der Waals surface area contributed by atoms with Crippen LogP contribution in [0.5, 0.6) is 0 Å². The maximum absolute atomic E-state index is 11.1. The molecule has 92 valence electrons. The molecule has 0 saturated heterocycles. The van der Waals surface area contributed by atoms with E-state index in [0.29, 0.717) is 11.3 Å². The van der Waals surface area contributed by atoms with Crippen molar-refractivity contribution < 1.29 is 4.92 Å². The molecule has 6 nitrogen and oxygen atoms in total. The number of nitro groups is 1. The van der Waals surface area contributed by atoms with Gasteiger partial charge in [0.05, 0.1) is 4.92 Å². The van der Waals surface area contributed by atoms with Crippen LogP contribution in [0.2, 0.25) is 0 Å². The first-order valence-corrected chi connectivity index (χ1v) is 5.86. The van der Waals surface area contributed by atoms with E-state index < -0.39 is 4.92 Å². The Kier molecular flexibility index (Phi) is 3.52. The third-order valence-electron chi connectivity index (χ3n) is 2.36. The van der Waals surface area contributed by atoms with Gasteiger partial charge in [-0.2, -0.15) is 0 Å². The van der Waals surface area contributed by atoms with Crippen molar-refractivity contribution in [3.63, 3.8) is 0 Å². The van der Waals surface area contributed by atoms with Crippen LogP contribution in [0.15, 0.2) is 35.1 Å². The molecule has 2 aromatic rings. The second kappa shape index (κ2) is 5.09. The Morgan fingerprint density at radius 3 is 2.50 bits per heavy atom. The standard InChI is InChI=1S/C11H9BrN4O2/c1-13-11-10(16(17)18)9(14-6-15-11)7-2-4-8(12)5-3-7/h2-6H,1H3,(H,13,14,15). The maximum Gasteiger partial charge on any atom is 0.337 e. The summed E-state index contributed by atoms with van der Waals surface area (Å²) in [7, 11) is 1.58. The molecule has 7 heteroatoms. The minimum absolute atomic E-state index is 0.123. The van der Waals surface area contributed by atoms with E-state index in [1.807, 2.05) is 0 Å². The fourth-order valence-electron chi connectivity index (χ4n) is 1.55. The van der Waals surface area contributed by atoms with Crippen molar-refractivity contribution in [3.05, 3.63) is 45.2 Å². The smallest absolute Gasteiger partial charge is 0.337 e. The summed E-state index contributed by atoms with van der Waals surface area (Å²) in [5, 5.41) is 13.8. The Morgan fingerprint density at radius 2 is 1.94 bits per heavy atom. The van der Waals surface area contributed by atoms with E-state index in [9.17, 15) is 10.1 Å². The molecule has 0 aliphatic carbocycles. The van der Waals surface area contributed by atoms with E-state index in [1.54, 1.807) is 31.3 Å². The molecule has 1 N–H and O–H groups in total. The first kappa shape index (κ1) is 12.4. The SMILES string of the molecule is CNc1ncnc(-c2ccc(Br)cc2)c1[N+](=O)[O-]. The molecule has 0 unspecified atom stereocenters. The zero-order valence-corrected chi connectivity index (χ0v) is 11.0. The van der Waals surface area contributed by atoms with Crippen LogP contribution >= 0.6 is 15.9 Å². The quantitative estimate of drug-likeness (QED) is 0.696. The topological polar surface area (TPSA) is 81.0 Å². The van der Waals surface area contributed by atoms with Crippen molar-refractivity contribution >= 4 is 27.4 Å². The molecular weight excluding hydrogens is 300 g/mol. The molecule has 18 heavy (non-hydrogen) atoms. The van der Waals surface area contributed by atoms with Crippen LogP contribution in [0.4, 0.5) is 11.5 Å². The predicted molar refractivity (Wildman–Crippen MR) is 71.4 cm³/mol. The van der Waals surface area contributed by atoms with E-state index in [4.69, 9.17) is 0 Å². The van der Waals surface area contributed by atoms with Gasteiger partial charge in [0.25, 0.3) is 0 Å². The molecule has 0 amide bonds. The monoisotopic (exact) mass is 308 g/mol. The van der Waals surface area contributed by atoms with Crippen LogP contribution < -0.4 is 5.32 Å². The Hall–Kier alpha value is -2.02. The lowest BCUT2D eigenvalue weighted by Crippen LogP contribution is -2.02. The van der Waals surface area contributed by atoms with Crippen molar-refractivity contribution in [2.45, 2.75) is 0 Å². The average Bonchev–Trinajstić information content (AvgIpc) is 2.38. The number of benzene rings is 1. The first-order valence-electron chi connectivity index (χ1n) is 5.06. The number of aromatic nitrogens is 2. The maximum atomic E-state index is 11.1. The normalized spacial score (nSPS) is 10.1. The molecule has 0 spiro atoms. The summed E-state index contributed by atoms with van der Waals surface area (Å²) in [6.45, 7) is 0. The predicted octanol–water partition coefficient (Wildman–Crippen LogP) is 2.86. The molecule has 0 bridgehead atoms. The number of hydrogen-bond acceptors (Lipinski definition) is 5. The zero-order chi connectivity index (χ0) is 13.1. The fourth-order valence-corrected chi connectivity index (χ4v) is 1.82. The fraction of sp³-hybridized carbons (Fsp3) is 0.0909. The number of hydrogen-bond donors (Lipinski definition) is 1. The number of anilines is 1.